The minimum absolute atomic E-state index is 0.0722. The van der Waals surface area contributed by atoms with Crippen LogP contribution in [0.15, 0.2) is 29.3 Å². The van der Waals surface area contributed by atoms with Gasteiger partial charge in [-0.15, -0.1) is 0 Å². The third-order valence-electron chi connectivity index (χ3n) is 2.80. The molecule has 0 fully saturated rings. The average molecular weight is 288 g/mol. The molecule has 0 amide bonds. The highest BCUT2D eigenvalue weighted by Crippen LogP contribution is 2.38. The highest BCUT2D eigenvalue weighted by atomic mass is 32.2. The molecule has 0 spiro atoms. The second kappa shape index (κ2) is 5.46. The van der Waals surface area contributed by atoms with Crippen molar-refractivity contribution in [3.8, 4) is 0 Å². The molecule has 1 aromatic carbocycles. The van der Waals surface area contributed by atoms with Crippen LogP contribution in [0.25, 0.3) is 10.9 Å². The Labute approximate surface area is 114 Å². The molecule has 0 aliphatic rings. The Morgan fingerprint density at radius 1 is 1.26 bits per heavy atom. The van der Waals surface area contributed by atoms with Crippen molar-refractivity contribution in [2.45, 2.75) is 16.8 Å². The molecule has 1 N–H and O–H groups in total. The molecule has 0 unspecified atom stereocenters. The maximum Gasteiger partial charge on any atom is 0.446 e. The Morgan fingerprint density at radius 2 is 2.00 bits per heavy atom. The number of alkyl halides is 3. The van der Waals surface area contributed by atoms with Crippen molar-refractivity contribution in [1.82, 2.24) is 9.88 Å². The van der Waals surface area contributed by atoms with Crippen molar-refractivity contribution < 1.29 is 13.2 Å². The van der Waals surface area contributed by atoms with Crippen molar-refractivity contribution in [3.63, 3.8) is 0 Å². The second-order valence-electron chi connectivity index (χ2n) is 4.62. The van der Waals surface area contributed by atoms with E-state index in [0.717, 1.165) is 29.4 Å². The first kappa shape index (κ1) is 14.3. The topological polar surface area (TPSA) is 19.0 Å². The molecule has 2 aromatic rings. The van der Waals surface area contributed by atoms with Gasteiger partial charge in [0.2, 0.25) is 0 Å². The van der Waals surface area contributed by atoms with Crippen LogP contribution in [0.3, 0.4) is 0 Å². The summed E-state index contributed by atoms with van der Waals surface area (Å²) in [7, 11) is 3.94. The van der Waals surface area contributed by atoms with E-state index in [1.54, 1.807) is 12.1 Å². The second-order valence-corrected chi connectivity index (χ2v) is 5.76. The molecule has 0 aliphatic carbocycles. The van der Waals surface area contributed by atoms with Crippen molar-refractivity contribution >= 4 is 22.7 Å². The smallest absolute Gasteiger partial charge is 0.361 e. The van der Waals surface area contributed by atoms with Crippen LogP contribution in [-0.4, -0.2) is 36.0 Å². The number of rotatable bonds is 4. The molecule has 19 heavy (non-hydrogen) atoms. The molecular weight excluding hydrogens is 273 g/mol. The van der Waals surface area contributed by atoms with E-state index in [0.29, 0.717) is 0 Å². The summed E-state index contributed by atoms with van der Waals surface area (Å²) in [5, 5.41) is 0.871. The lowest BCUT2D eigenvalue weighted by atomic mass is 10.1. The molecule has 0 radical (unpaired) electrons. The van der Waals surface area contributed by atoms with Crippen LogP contribution in [-0.2, 0) is 6.42 Å². The summed E-state index contributed by atoms with van der Waals surface area (Å²) in [6.45, 7) is 0.865. The van der Waals surface area contributed by atoms with Gasteiger partial charge in [-0.3, -0.25) is 0 Å². The van der Waals surface area contributed by atoms with Gasteiger partial charge in [0, 0.05) is 28.5 Å². The number of nitrogens with one attached hydrogen (secondary N) is 1. The quantitative estimate of drug-likeness (QED) is 0.861. The summed E-state index contributed by atoms with van der Waals surface area (Å²) in [5.41, 5.74) is -2.32. The van der Waals surface area contributed by atoms with Gasteiger partial charge < -0.3 is 9.88 Å². The van der Waals surface area contributed by atoms with Gasteiger partial charge in [0.25, 0.3) is 0 Å². The zero-order chi connectivity index (χ0) is 14.0. The lowest BCUT2D eigenvalue weighted by molar-refractivity contribution is -0.0328. The minimum atomic E-state index is -4.24. The fourth-order valence-corrected chi connectivity index (χ4v) is 2.49. The highest BCUT2D eigenvalue weighted by molar-refractivity contribution is 8.00. The van der Waals surface area contributed by atoms with Crippen molar-refractivity contribution in [1.29, 1.82) is 0 Å². The fourth-order valence-electron chi connectivity index (χ4n) is 1.91. The van der Waals surface area contributed by atoms with Gasteiger partial charge in [0.15, 0.2) is 0 Å². The van der Waals surface area contributed by atoms with Crippen LogP contribution >= 0.6 is 11.8 Å². The van der Waals surface area contributed by atoms with E-state index in [4.69, 9.17) is 0 Å². The maximum atomic E-state index is 12.4. The molecule has 6 heteroatoms. The molecule has 0 bridgehead atoms. The molecule has 1 heterocycles. The summed E-state index contributed by atoms with van der Waals surface area (Å²) in [4.78, 5) is 5.37. The number of H-pyrrole nitrogens is 1. The number of hydrogen-bond donors (Lipinski definition) is 1. The van der Waals surface area contributed by atoms with Gasteiger partial charge in [-0.1, -0.05) is 0 Å². The summed E-state index contributed by atoms with van der Waals surface area (Å²) >= 11 is -0.0722. The van der Waals surface area contributed by atoms with Crippen LogP contribution in [0.4, 0.5) is 13.2 Å². The maximum absolute atomic E-state index is 12.4. The Kier molecular flexibility index (Phi) is 4.10. The molecule has 0 aliphatic heterocycles. The monoisotopic (exact) mass is 288 g/mol. The summed E-state index contributed by atoms with van der Waals surface area (Å²) in [6, 6.07) is 4.80. The Hall–Kier alpha value is -1.14. The van der Waals surface area contributed by atoms with Crippen LogP contribution in [0.1, 0.15) is 5.56 Å². The molecule has 0 saturated carbocycles. The fraction of sp³-hybridized carbons (Fsp3) is 0.385. The summed E-state index contributed by atoms with van der Waals surface area (Å²) in [5.74, 6) is 0. The number of aromatic amines is 1. The Morgan fingerprint density at radius 3 is 2.63 bits per heavy atom. The lowest BCUT2D eigenvalue weighted by Gasteiger charge is -2.09. The van der Waals surface area contributed by atoms with E-state index in [1.165, 1.54) is 6.07 Å². The summed E-state index contributed by atoms with van der Waals surface area (Å²) in [6.07, 6.45) is 2.68. The van der Waals surface area contributed by atoms with Crippen molar-refractivity contribution in [2.24, 2.45) is 0 Å². The van der Waals surface area contributed by atoms with E-state index >= 15 is 0 Å². The molecule has 0 atom stereocenters. The molecule has 0 saturated heterocycles. The summed E-state index contributed by atoms with van der Waals surface area (Å²) < 4.78 is 37.1. The average Bonchev–Trinajstić information content (AvgIpc) is 2.66. The van der Waals surface area contributed by atoms with Gasteiger partial charge in [-0.05, 0) is 56.0 Å². The minimum Gasteiger partial charge on any atom is -0.361 e. The van der Waals surface area contributed by atoms with E-state index in [2.05, 4.69) is 4.98 Å². The molecule has 1 aromatic heterocycles. The first-order chi connectivity index (χ1) is 8.85. The SMILES string of the molecule is CN(C)CCc1c[nH]c2ccc(SC(F)(F)F)cc12. The van der Waals surface area contributed by atoms with Crippen LogP contribution in [0.5, 0.6) is 0 Å². The highest BCUT2D eigenvalue weighted by Gasteiger charge is 2.29. The van der Waals surface area contributed by atoms with Gasteiger partial charge in [0.1, 0.15) is 0 Å². The Balaban J connectivity index is 2.26. The van der Waals surface area contributed by atoms with E-state index in [1.807, 2.05) is 25.2 Å². The zero-order valence-electron chi connectivity index (χ0n) is 10.7. The third-order valence-corrected chi connectivity index (χ3v) is 3.52. The number of likely N-dealkylation sites (N-methyl/N-ethyl adjacent to an activating group) is 1. The first-order valence-electron chi connectivity index (χ1n) is 5.85. The van der Waals surface area contributed by atoms with Gasteiger partial charge >= 0.3 is 5.51 Å². The number of halogens is 3. The number of hydrogen-bond acceptors (Lipinski definition) is 2. The number of nitrogens with zero attached hydrogens (tertiary/aromatic N) is 1. The normalized spacial score (nSPS) is 12.5. The molecular formula is C13H15F3N2S. The molecule has 104 valence electrons. The first-order valence-corrected chi connectivity index (χ1v) is 6.67. The number of aromatic nitrogens is 1. The van der Waals surface area contributed by atoms with Gasteiger partial charge in [-0.25, -0.2) is 0 Å². The van der Waals surface area contributed by atoms with Crippen molar-refractivity contribution in [2.75, 3.05) is 20.6 Å². The van der Waals surface area contributed by atoms with E-state index in [-0.39, 0.29) is 16.7 Å². The van der Waals surface area contributed by atoms with E-state index in [9.17, 15) is 13.2 Å². The number of thioether (sulfide) groups is 1. The van der Waals surface area contributed by atoms with Crippen molar-refractivity contribution in [3.05, 3.63) is 30.0 Å². The van der Waals surface area contributed by atoms with Gasteiger partial charge in [0.05, 0.1) is 0 Å². The van der Waals surface area contributed by atoms with Gasteiger partial charge in [-0.2, -0.15) is 13.2 Å². The van der Waals surface area contributed by atoms with Crippen LogP contribution in [0.2, 0.25) is 0 Å². The predicted octanol–water partition coefficient (Wildman–Crippen LogP) is 3.88. The lowest BCUT2D eigenvalue weighted by Crippen LogP contribution is -2.14. The van der Waals surface area contributed by atoms with E-state index < -0.39 is 5.51 Å². The standard InChI is InChI=1S/C13H15F3N2S/c1-18(2)6-5-9-8-17-12-4-3-10(7-11(9)12)19-13(14,15)16/h3-4,7-8,17H,5-6H2,1-2H3. The predicted molar refractivity (Wildman–Crippen MR) is 72.5 cm³/mol. The molecule has 2 nitrogen and oxygen atoms in total. The molecule has 2 rings (SSSR count). The third kappa shape index (κ3) is 3.91. The number of benzene rings is 1. The zero-order valence-corrected chi connectivity index (χ0v) is 11.5. The largest absolute Gasteiger partial charge is 0.446 e. The Bertz CT molecular complexity index is 561. The van der Waals surface area contributed by atoms with Crippen LogP contribution in [0, 0.1) is 0 Å². The van der Waals surface area contributed by atoms with Crippen LogP contribution < -0.4 is 0 Å². The number of fused-ring (bicyclic) bond motifs is 1.